The average molecular weight is 307 g/mol. The van der Waals surface area contributed by atoms with Gasteiger partial charge in [-0.05, 0) is 24.6 Å². The maximum Gasteiger partial charge on any atom is 0.224 e. The summed E-state index contributed by atoms with van der Waals surface area (Å²) in [4.78, 5) is 8.54. The number of anilines is 2. The number of aromatic nitrogens is 2. The van der Waals surface area contributed by atoms with Crippen molar-refractivity contribution >= 4 is 27.7 Å². The second-order valence-corrected chi connectivity index (χ2v) is 4.87. The van der Waals surface area contributed by atoms with Gasteiger partial charge >= 0.3 is 0 Å². The highest BCUT2D eigenvalue weighted by molar-refractivity contribution is 9.10. The van der Waals surface area contributed by atoms with Gasteiger partial charge < -0.3 is 10.6 Å². The van der Waals surface area contributed by atoms with Crippen LogP contribution >= 0.6 is 15.9 Å². The molecule has 0 amide bonds. The predicted octanol–water partition coefficient (Wildman–Crippen LogP) is 3.20. The van der Waals surface area contributed by atoms with Crippen LogP contribution in [0.1, 0.15) is 11.1 Å². The molecule has 0 unspecified atom stereocenters. The summed E-state index contributed by atoms with van der Waals surface area (Å²) in [5, 5.41) is 6.25. The van der Waals surface area contributed by atoms with Crippen molar-refractivity contribution in [3.8, 4) is 0 Å². The molecule has 0 spiro atoms. The zero-order valence-corrected chi connectivity index (χ0v) is 12.0. The smallest absolute Gasteiger partial charge is 0.224 e. The molecule has 1 heterocycles. The van der Waals surface area contributed by atoms with Gasteiger partial charge in [0.15, 0.2) is 0 Å². The van der Waals surface area contributed by atoms with Gasteiger partial charge in [-0.25, -0.2) is 4.98 Å². The Morgan fingerprint density at radius 1 is 1.33 bits per heavy atom. The van der Waals surface area contributed by atoms with Crippen molar-refractivity contribution in [2.75, 3.05) is 17.7 Å². The fourth-order valence-electron chi connectivity index (χ4n) is 1.57. The molecule has 0 saturated carbocycles. The number of rotatable bonds is 4. The lowest BCUT2D eigenvalue weighted by Gasteiger charge is -2.09. The van der Waals surface area contributed by atoms with Crippen LogP contribution in [0.2, 0.25) is 0 Å². The van der Waals surface area contributed by atoms with Gasteiger partial charge in [-0.3, -0.25) is 0 Å². The monoisotopic (exact) mass is 306 g/mol. The molecule has 1 aromatic heterocycles. The van der Waals surface area contributed by atoms with Crippen molar-refractivity contribution in [3.05, 3.63) is 46.1 Å². The van der Waals surface area contributed by atoms with Crippen LogP contribution in [0, 0.1) is 6.92 Å². The Balaban J connectivity index is 2.10. The third-order valence-electron chi connectivity index (χ3n) is 2.54. The number of nitrogens with zero attached hydrogens (tertiary/aromatic N) is 2. The van der Waals surface area contributed by atoms with Gasteiger partial charge in [0.2, 0.25) is 5.95 Å². The summed E-state index contributed by atoms with van der Waals surface area (Å²) in [5.41, 5.74) is 2.23. The van der Waals surface area contributed by atoms with E-state index in [1.165, 1.54) is 5.56 Å². The number of aryl methyl sites for hydroxylation is 1. The first-order chi connectivity index (χ1) is 8.69. The van der Waals surface area contributed by atoms with E-state index in [0.717, 1.165) is 22.4 Å². The van der Waals surface area contributed by atoms with Gasteiger partial charge in [-0.1, -0.05) is 28.1 Å². The summed E-state index contributed by atoms with van der Waals surface area (Å²) in [6.07, 6.45) is 1.81. The molecule has 18 heavy (non-hydrogen) atoms. The molecule has 0 aliphatic rings. The topological polar surface area (TPSA) is 49.8 Å². The molecule has 94 valence electrons. The molecule has 2 rings (SSSR count). The van der Waals surface area contributed by atoms with Gasteiger partial charge in [-0.2, -0.15) is 4.98 Å². The molecular weight excluding hydrogens is 292 g/mol. The molecule has 2 N–H and O–H groups in total. The Labute approximate surface area is 115 Å². The second-order valence-electron chi connectivity index (χ2n) is 3.96. The number of hydrogen-bond acceptors (Lipinski definition) is 4. The maximum absolute atomic E-state index is 4.38. The Bertz CT molecular complexity index is 542. The van der Waals surface area contributed by atoms with Crippen molar-refractivity contribution in [1.29, 1.82) is 0 Å². The Morgan fingerprint density at radius 3 is 2.89 bits per heavy atom. The molecule has 0 aliphatic carbocycles. The van der Waals surface area contributed by atoms with Crippen LogP contribution in [0.3, 0.4) is 0 Å². The van der Waals surface area contributed by atoms with E-state index in [2.05, 4.69) is 48.7 Å². The van der Waals surface area contributed by atoms with Crippen molar-refractivity contribution in [3.63, 3.8) is 0 Å². The van der Waals surface area contributed by atoms with E-state index in [9.17, 15) is 0 Å². The molecule has 0 aliphatic heterocycles. The van der Waals surface area contributed by atoms with Crippen molar-refractivity contribution in [2.24, 2.45) is 0 Å². The van der Waals surface area contributed by atoms with Crippen LogP contribution < -0.4 is 10.6 Å². The summed E-state index contributed by atoms with van der Waals surface area (Å²) in [7, 11) is 1.81. The normalized spacial score (nSPS) is 10.2. The molecule has 0 bridgehead atoms. The first-order valence-corrected chi connectivity index (χ1v) is 6.48. The quantitative estimate of drug-likeness (QED) is 0.911. The lowest BCUT2D eigenvalue weighted by atomic mass is 10.2. The standard InChI is InChI=1S/C13H15BrN4/c1-9-7-17-13(15-2)18-12(9)16-8-10-4-3-5-11(14)6-10/h3-7H,8H2,1-2H3,(H2,15,16,17,18). The van der Waals surface area contributed by atoms with Crippen molar-refractivity contribution in [1.82, 2.24) is 9.97 Å². The highest BCUT2D eigenvalue weighted by Gasteiger charge is 2.02. The van der Waals surface area contributed by atoms with Crippen LogP contribution in [0.5, 0.6) is 0 Å². The third kappa shape index (κ3) is 3.20. The molecule has 0 fully saturated rings. The zero-order chi connectivity index (χ0) is 13.0. The van der Waals surface area contributed by atoms with Gasteiger partial charge in [-0.15, -0.1) is 0 Å². The van der Waals surface area contributed by atoms with Gasteiger partial charge in [0.1, 0.15) is 5.82 Å². The van der Waals surface area contributed by atoms with Gasteiger partial charge in [0.25, 0.3) is 0 Å². The summed E-state index contributed by atoms with van der Waals surface area (Å²) < 4.78 is 1.08. The van der Waals surface area contributed by atoms with E-state index >= 15 is 0 Å². The van der Waals surface area contributed by atoms with E-state index in [1.807, 2.05) is 32.3 Å². The number of nitrogens with one attached hydrogen (secondary N) is 2. The molecule has 5 heteroatoms. The lowest BCUT2D eigenvalue weighted by Crippen LogP contribution is -2.06. The molecular formula is C13H15BrN4. The summed E-state index contributed by atoms with van der Waals surface area (Å²) in [6, 6.07) is 8.20. The minimum absolute atomic E-state index is 0.623. The predicted molar refractivity (Wildman–Crippen MR) is 77.8 cm³/mol. The molecule has 0 atom stereocenters. The van der Waals surface area contributed by atoms with Crippen LogP contribution in [0.15, 0.2) is 34.9 Å². The van der Waals surface area contributed by atoms with E-state index < -0.39 is 0 Å². The molecule has 1 aromatic carbocycles. The minimum Gasteiger partial charge on any atom is -0.366 e. The highest BCUT2D eigenvalue weighted by atomic mass is 79.9. The first-order valence-electron chi connectivity index (χ1n) is 5.69. The molecule has 0 saturated heterocycles. The van der Waals surface area contributed by atoms with Crippen LogP contribution in [0.25, 0.3) is 0 Å². The van der Waals surface area contributed by atoms with E-state index in [-0.39, 0.29) is 0 Å². The van der Waals surface area contributed by atoms with E-state index in [0.29, 0.717) is 5.95 Å². The Kier molecular flexibility index (Phi) is 4.15. The van der Waals surface area contributed by atoms with Gasteiger partial charge in [0.05, 0.1) is 0 Å². The SMILES string of the molecule is CNc1ncc(C)c(NCc2cccc(Br)c2)n1. The van der Waals surface area contributed by atoms with Crippen LogP contribution in [0.4, 0.5) is 11.8 Å². The average Bonchev–Trinajstić information content (AvgIpc) is 2.38. The maximum atomic E-state index is 4.38. The summed E-state index contributed by atoms with van der Waals surface area (Å²) >= 11 is 3.46. The van der Waals surface area contributed by atoms with Crippen molar-refractivity contribution in [2.45, 2.75) is 13.5 Å². The minimum atomic E-state index is 0.623. The van der Waals surface area contributed by atoms with Crippen LogP contribution in [-0.2, 0) is 6.54 Å². The first kappa shape index (κ1) is 12.8. The third-order valence-corrected chi connectivity index (χ3v) is 3.04. The fourth-order valence-corrected chi connectivity index (χ4v) is 2.02. The molecule has 2 aromatic rings. The van der Waals surface area contributed by atoms with Crippen LogP contribution in [-0.4, -0.2) is 17.0 Å². The van der Waals surface area contributed by atoms with Crippen molar-refractivity contribution < 1.29 is 0 Å². The summed E-state index contributed by atoms with van der Waals surface area (Å²) in [5.74, 6) is 1.48. The van der Waals surface area contributed by atoms with E-state index in [4.69, 9.17) is 0 Å². The fraction of sp³-hybridized carbons (Fsp3) is 0.231. The second kappa shape index (κ2) is 5.82. The summed E-state index contributed by atoms with van der Waals surface area (Å²) in [6.45, 7) is 2.73. The number of benzene rings is 1. The van der Waals surface area contributed by atoms with Gasteiger partial charge in [0, 0.05) is 29.8 Å². The highest BCUT2D eigenvalue weighted by Crippen LogP contribution is 2.15. The lowest BCUT2D eigenvalue weighted by molar-refractivity contribution is 1.06. The van der Waals surface area contributed by atoms with E-state index in [1.54, 1.807) is 0 Å². The Morgan fingerprint density at radius 2 is 2.17 bits per heavy atom. The molecule has 4 nitrogen and oxygen atoms in total. The molecule has 0 radical (unpaired) electrons. The largest absolute Gasteiger partial charge is 0.366 e. The number of halogens is 1. The number of hydrogen-bond donors (Lipinski definition) is 2. The zero-order valence-electron chi connectivity index (χ0n) is 10.4. The Hall–Kier alpha value is -1.62.